The molecule has 2 aromatic carbocycles. The predicted octanol–water partition coefficient (Wildman–Crippen LogP) is 4.37. The van der Waals surface area contributed by atoms with Crippen molar-refractivity contribution in [3.05, 3.63) is 77.0 Å². The third-order valence-corrected chi connectivity index (χ3v) is 4.85. The summed E-state index contributed by atoms with van der Waals surface area (Å²) in [6, 6.07) is 17.8. The van der Waals surface area contributed by atoms with Gasteiger partial charge >= 0.3 is 0 Å². The maximum atomic E-state index is 2.33. The van der Waals surface area contributed by atoms with Crippen molar-refractivity contribution < 1.29 is 4.57 Å². The fourth-order valence-corrected chi connectivity index (χ4v) is 3.64. The third kappa shape index (κ3) is 1.89. The second-order valence-electron chi connectivity index (χ2n) is 6.30. The second-order valence-corrected chi connectivity index (χ2v) is 6.30. The average molecular weight is 286 g/mol. The lowest BCUT2D eigenvalue weighted by Gasteiger charge is -2.10. The Hall–Kier alpha value is -2.41. The zero-order valence-electron chi connectivity index (χ0n) is 13.4. The molecule has 1 heterocycles. The van der Waals surface area contributed by atoms with E-state index in [4.69, 9.17) is 0 Å². The minimum absolute atomic E-state index is 1.06. The van der Waals surface area contributed by atoms with Gasteiger partial charge < -0.3 is 0 Å². The molecule has 108 valence electrons. The van der Waals surface area contributed by atoms with Crippen LogP contribution in [-0.4, -0.2) is 0 Å². The number of nitrogens with zero attached hydrogens (tertiary/aromatic N) is 1. The van der Waals surface area contributed by atoms with E-state index in [1.807, 2.05) is 0 Å². The Morgan fingerprint density at radius 2 is 1.64 bits per heavy atom. The normalized spacial score (nSPS) is 12.1. The molecule has 1 aromatic heterocycles. The van der Waals surface area contributed by atoms with E-state index in [0.29, 0.717) is 0 Å². The lowest BCUT2D eigenvalue weighted by molar-refractivity contribution is -0.660. The first-order valence-electron chi connectivity index (χ1n) is 7.82. The topological polar surface area (TPSA) is 3.88 Å². The molecule has 0 spiro atoms. The van der Waals surface area contributed by atoms with E-state index in [1.165, 1.54) is 44.6 Å². The van der Waals surface area contributed by atoms with E-state index in [2.05, 4.69) is 80.2 Å². The van der Waals surface area contributed by atoms with Gasteiger partial charge in [0.15, 0.2) is 6.20 Å². The van der Waals surface area contributed by atoms with Crippen LogP contribution >= 0.6 is 0 Å². The number of aryl methyl sites for hydroxylation is 2. The van der Waals surface area contributed by atoms with Crippen LogP contribution in [0.2, 0.25) is 0 Å². The number of benzene rings is 2. The molecule has 1 aliphatic carbocycles. The number of pyridine rings is 1. The summed E-state index contributed by atoms with van der Waals surface area (Å²) in [4.78, 5) is 0. The van der Waals surface area contributed by atoms with Crippen molar-refractivity contribution in [1.29, 1.82) is 0 Å². The average Bonchev–Trinajstić information content (AvgIpc) is 2.87. The molecule has 0 fully saturated rings. The van der Waals surface area contributed by atoms with Crippen LogP contribution in [0, 0.1) is 13.8 Å². The van der Waals surface area contributed by atoms with E-state index in [0.717, 1.165) is 6.42 Å². The van der Waals surface area contributed by atoms with Crippen LogP contribution in [0.15, 0.2) is 54.7 Å². The van der Waals surface area contributed by atoms with Crippen molar-refractivity contribution in [2.75, 3.05) is 0 Å². The van der Waals surface area contributed by atoms with Crippen molar-refractivity contribution in [3.63, 3.8) is 0 Å². The molecule has 1 aliphatic rings. The minimum Gasteiger partial charge on any atom is -0.201 e. The Kier molecular flexibility index (Phi) is 2.90. The molecule has 0 bridgehead atoms. The molecule has 4 rings (SSSR count). The summed E-state index contributed by atoms with van der Waals surface area (Å²) in [7, 11) is 2.11. The van der Waals surface area contributed by atoms with E-state index >= 15 is 0 Å². The van der Waals surface area contributed by atoms with Crippen molar-refractivity contribution in [3.8, 4) is 22.4 Å². The van der Waals surface area contributed by atoms with Crippen molar-refractivity contribution in [1.82, 2.24) is 0 Å². The van der Waals surface area contributed by atoms with Crippen LogP contribution in [0.1, 0.15) is 22.3 Å². The van der Waals surface area contributed by atoms with Gasteiger partial charge in [0, 0.05) is 17.7 Å². The zero-order chi connectivity index (χ0) is 15.3. The number of aromatic nitrogens is 1. The Labute approximate surface area is 131 Å². The van der Waals surface area contributed by atoms with Crippen molar-refractivity contribution >= 4 is 0 Å². The molecule has 0 amide bonds. The fraction of sp³-hybridized carbons (Fsp3) is 0.190. The van der Waals surface area contributed by atoms with Crippen LogP contribution in [0.3, 0.4) is 0 Å². The molecule has 1 heteroatoms. The maximum absolute atomic E-state index is 2.33. The molecule has 0 saturated carbocycles. The summed E-state index contributed by atoms with van der Waals surface area (Å²) in [5, 5.41) is 0. The van der Waals surface area contributed by atoms with Crippen molar-refractivity contribution in [2.45, 2.75) is 20.3 Å². The van der Waals surface area contributed by atoms with Gasteiger partial charge in [-0.1, -0.05) is 29.8 Å². The van der Waals surface area contributed by atoms with Gasteiger partial charge in [-0.15, -0.1) is 0 Å². The first-order chi connectivity index (χ1) is 10.6. The zero-order valence-corrected chi connectivity index (χ0v) is 13.4. The highest BCUT2D eigenvalue weighted by Crippen LogP contribution is 2.41. The Bertz CT molecular complexity index is 890. The highest BCUT2D eigenvalue weighted by atomic mass is 14.9. The van der Waals surface area contributed by atoms with E-state index in [1.54, 1.807) is 0 Å². The number of rotatable bonds is 1. The van der Waals surface area contributed by atoms with Gasteiger partial charge in [-0.05, 0) is 60.2 Å². The monoisotopic (exact) mass is 286 g/mol. The van der Waals surface area contributed by atoms with Gasteiger partial charge in [0.05, 0.1) is 0 Å². The molecule has 0 saturated heterocycles. The lowest BCUT2D eigenvalue weighted by Crippen LogP contribution is -2.30. The van der Waals surface area contributed by atoms with Crippen molar-refractivity contribution in [2.24, 2.45) is 7.05 Å². The van der Waals surface area contributed by atoms with Crippen LogP contribution < -0.4 is 4.57 Å². The van der Waals surface area contributed by atoms with Gasteiger partial charge in [-0.25, -0.2) is 4.57 Å². The Morgan fingerprint density at radius 3 is 2.45 bits per heavy atom. The lowest BCUT2D eigenvalue weighted by atomic mass is 9.95. The Morgan fingerprint density at radius 1 is 0.864 bits per heavy atom. The molecule has 0 unspecified atom stereocenters. The number of hydrogen-bond donors (Lipinski definition) is 0. The molecular weight excluding hydrogens is 266 g/mol. The molecule has 0 N–H and O–H groups in total. The summed E-state index contributed by atoms with van der Waals surface area (Å²) >= 11 is 0. The molecule has 0 atom stereocenters. The molecule has 3 aromatic rings. The van der Waals surface area contributed by atoms with Gasteiger partial charge in [0.1, 0.15) is 7.05 Å². The number of hydrogen-bond acceptors (Lipinski definition) is 0. The molecule has 0 aliphatic heterocycles. The van der Waals surface area contributed by atoms with Crippen LogP contribution in [0.4, 0.5) is 0 Å². The first-order valence-corrected chi connectivity index (χ1v) is 7.82. The summed E-state index contributed by atoms with van der Waals surface area (Å²) in [5.74, 6) is 0. The van der Waals surface area contributed by atoms with E-state index < -0.39 is 0 Å². The SMILES string of the molecule is Cc1ccc2c(c1)Cc1c-2ccc(-c2cccc[n+]2C)c1C. The third-order valence-electron chi connectivity index (χ3n) is 4.85. The summed E-state index contributed by atoms with van der Waals surface area (Å²) < 4.78 is 2.20. The van der Waals surface area contributed by atoms with Gasteiger partial charge in [-0.2, -0.15) is 0 Å². The molecule has 0 radical (unpaired) electrons. The molecule has 22 heavy (non-hydrogen) atoms. The summed E-state index contributed by atoms with van der Waals surface area (Å²) in [6.07, 6.45) is 3.17. The smallest absolute Gasteiger partial charge is 0.201 e. The highest BCUT2D eigenvalue weighted by molar-refractivity contribution is 5.81. The highest BCUT2D eigenvalue weighted by Gasteiger charge is 2.23. The molecule has 1 nitrogen and oxygen atoms in total. The fourth-order valence-electron chi connectivity index (χ4n) is 3.64. The standard InChI is InChI=1S/C21H20N/c1-14-7-8-18-16(12-14)13-20-15(2)17(9-10-19(18)20)21-6-4-5-11-22(21)3/h4-12H,13H2,1-3H3/q+1. The van der Waals surface area contributed by atoms with Crippen LogP contribution in [0.5, 0.6) is 0 Å². The van der Waals surface area contributed by atoms with Gasteiger partial charge in [0.2, 0.25) is 5.69 Å². The summed E-state index contributed by atoms with van der Waals surface area (Å²) in [5.41, 5.74) is 11.1. The quantitative estimate of drug-likeness (QED) is 0.458. The van der Waals surface area contributed by atoms with Gasteiger partial charge in [0.25, 0.3) is 0 Å². The summed E-state index contributed by atoms with van der Waals surface area (Å²) in [6.45, 7) is 4.44. The number of fused-ring (bicyclic) bond motifs is 3. The second kappa shape index (κ2) is 4.81. The first kappa shape index (κ1) is 13.3. The van der Waals surface area contributed by atoms with Gasteiger partial charge in [-0.3, -0.25) is 0 Å². The minimum atomic E-state index is 1.06. The molecular formula is C21H20N+. The largest absolute Gasteiger partial charge is 0.212 e. The Balaban J connectivity index is 1.91. The van der Waals surface area contributed by atoms with Crippen LogP contribution in [0.25, 0.3) is 22.4 Å². The van der Waals surface area contributed by atoms with E-state index in [-0.39, 0.29) is 0 Å². The van der Waals surface area contributed by atoms with E-state index in [9.17, 15) is 0 Å². The maximum Gasteiger partial charge on any atom is 0.212 e. The van der Waals surface area contributed by atoms with Crippen LogP contribution in [-0.2, 0) is 13.5 Å². The predicted molar refractivity (Wildman–Crippen MR) is 90.8 cm³/mol.